The first kappa shape index (κ1) is 15.4. The van der Waals surface area contributed by atoms with Gasteiger partial charge in [0.25, 0.3) is 5.91 Å². The number of aliphatic imine (C=N–C) groups is 1. The predicted molar refractivity (Wildman–Crippen MR) is 91.2 cm³/mol. The van der Waals surface area contributed by atoms with E-state index in [1.807, 2.05) is 32.1 Å². The van der Waals surface area contributed by atoms with Crippen LogP contribution in [0.5, 0.6) is 11.5 Å². The van der Waals surface area contributed by atoms with Crippen LogP contribution in [0.2, 0.25) is 0 Å². The lowest BCUT2D eigenvalue weighted by atomic mass is 10.2. The Morgan fingerprint density at radius 3 is 2.77 bits per heavy atom. The molecule has 0 atom stereocenters. The van der Waals surface area contributed by atoms with E-state index in [2.05, 4.69) is 20.9 Å². The summed E-state index contributed by atoms with van der Waals surface area (Å²) in [6.07, 6.45) is 1.86. The van der Waals surface area contributed by atoms with Crippen molar-refractivity contribution in [2.45, 2.75) is 13.8 Å². The highest BCUT2D eigenvalue weighted by Gasteiger charge is 2.32. The van der Waals surface area contributed by atoms with Crippen molar-refractivity contribution in [1.82, 2.24) is 4.90 Å². The minimum absolute atomic E-state index is 0.00994. The molecule has 0 radical (unpaired) electrons. The van der Waals surface area contributed by atoms with E-state index in [1.165, 1.54) is 11.8 Å². The second-order valence-electron chi connectivity index (χ2n) is 4.64. The fraction of sp³-hybridized carbons (Fsp3) is 0.333. The summed E-state index contributed by atoms with van der Waals surface area (Å²) in [6, 6.07) is 3.73. The van der Waals surface area contributed by atoms with Crippen LogP contribution in [-0.2, 0) is 4.79 Å². The number of halogens is 1. The quantitative estimate of drug-likeness (QED) is 0.750. The van der Waals surface area contributed by atoms with Crippen LogP contribution in [0, 0.1) is 0 Å². The van der Waals surface area contributed by atoms with Crippen LogP contribution in [0.1, 0.15) is 19.4 Å². The summed E-state index contributed by atoms with van der Waals surface area (Å²) in [6.45, 7) is 5.41. The van der Waals surface area contributed by atoms with Crippen LogP contribution in [0.15, 0.2) is 26.5 Å². The Morgan fingerprint density at radius 1 is 1.36 bits per heavy atom. The van der Waals surface area contributed by atoms with E-state index in [-0.39, 0.29) is 12.7 Å². The molecule has 0 N–H and O–H groups in total. The average molecular weight is 383 g/mol. The number of hydrogen-bond acceptors (Lipinski definition) is 5. The van der Waals surface area contributed by atoms with E-state index < -0.39 is 0 Å². The Bertz CT molecular complexity index is 688. The molecule has 0 unspecified atom stereocenters. The molecule has 0 spiro atoms. The number of amidine groups is 1. The van der Waals surface area contributed by atoms with Crippen molar-refractivity contribution in [3.05, 3.63) is 27.1 Å². The molecule has 3 rings (SSSR count). The third-order valence-electron chi connectivity index (χ3n) is 3.28. The van der Waals surface area contributed by atoms with Crippen LogP contribution in [0.3, 0.4) is 0 Å². The maximum absolute atomic E-state index is 12.5. The number of amides is 1. The van der Waals surface area contributed by atoms with E-state index in [0.29, 0.717) is 29.5 Å². The molecule has 0 aromatic heterocycles. The average Bonchev–Trinajstić information content (AvgIpc) is 3.05. The monoisotopic (exact) mass is 382 g/mol. The molecular formula is C15H15BrN2O3S. The molecule has 2 heterocycles. The molecule has 0 aliphatic carbocycles. The van der Waals surface area contributed by atoms with Crippen LogP contribution in [0.4, 0.5) is 0 Å². The van der Waals surface area contributed by atoms with Gasteiger partial charge in [-0.2, -0.15) is 0 Å². The van der Waals surface area contributed by atoms with Gasteiger partial charge in [0.2, 0.25) is 6.79 Å². The van der Waals surface area contributed by atoms with E-state index in [0.717, 1.165) is 15.2 Å². The van der Waals surface area contributed by atoms with Crippen LogP contribution in [-0.4, -0.2) is 35.9 Å². The summed E-state index contributed by atoms with van der Waals surface area (Å²) >= 11 is 4.92. The summed E-state index contributed by atoms with van der Waals surface area (Å²) in [5.41, 5.74) is 0.883. The zero-order valence-electron chi connectivity index (χ0n) is 12.3. The number of nitrogens with zero attached hydrogens (tertiary/aromatic N) is 2. The Morgan fingerprint density at radius 2 is 2.09 bits per heavy atom. The lowest BCUT2D eigenvalue weighted by Crippen LogP contribution is -2.28. The van der Waals surface area contributed by atoms with Gasteiger partial charge in [-0.05, 0) is 49.4 Å². The van der Waals surface area contributed by atoms with E-state index in [1.54, 1.807) is 4.90 Å². The number of benzene rings is 1. The molecule has 0 bridgehead atoms. The number of fused-ring (bicyclic) bond motifs is 1. The molecule has 5 nitrogen and oxygen atoms in total. The number of ether oxygens (including phenoxy) is 2. The van der Waals surface area contributed by atoms with Crippen molar-refractivity contribution >= 4 is 44.8 Å². The fourth-order valence-corrected chi connectivity index (χ4v) is 3.76. The third-order valence-corrected chi connectivity index (χ3v) is 5.01. The van der Waals surface area contributed by atoms with Gasteiger partial charge in [0.15, 0.2) is 16.7 Å². The maximum Gasteiger partial charge on any atom is 0.266 e. The number of carbonyl (C=O) groups excluding carboxylic acids is 1. The minimum Gasteiger partial charge on any atom is -0.454 e. The van der Waals surface area contributed by atoms with Crippen molar-refractivity contribution in [3.8, 4) is 11.5 Å². The summed E-state index contributed by atoms with van der Waals surface area (Å²) < 4.78 is 11.6. The summed E-state index contributed by atoms with van der Waals surface area (Å²) in [5.74, 6) is 1.40. The van der Waals surface area contributed by atoms with Crippen molar-refractivity contribution in [1.29, 1.82) is 0 Å². The molecule has 22 heavy (non-hydrogen) atoms. The van der Waals surface area contributed by atoms with Crippen molar-refractivity contribution < 1.29 is 14.3 Å². The fourth-order valence-electron chi connectivity index (χ4n) is 2.22. The van der Waals surface area contributed by atoms with Crippen LogP contribution >= 0.6 is 27.7 Å². The highest BCUT2D eigenvalue weighted by Crippen LogP contribution is 2.39. The van der Waals surface area contributed by atoms with Crippen LogP contribution in [0.25, 0.3) is 6.08 Å². The topological polar surface area (TPSA) is 51.1 Å². The summed E-state index contributed by atoms with van der Waals surface area (Å²) in [4.78, 5) is 19.2. The van der Waals surface area contributed by atoms with Gasteiger partial charge in [-0.1, -0.05) is 15.9 Å². The van der Waals surface area contributed by atoms with Crippen molar-refractivity contribution in [2.75, 3.05) is 19.9 Å². The predicted octanol–water partition coefficient (Wildman–Crippen LogP) is 3.49. The van der Waals surface area contributed by atoms with Crippen LogP contribution < -0.4 is 9.47 Å². The number of rotatable bonds is 3. The minimum atomic E-state index is -0.00994. The normalized spacial score (nSPS) is 20.5. The molecular weight excluding hydrogens is 368 g/mol. The molecule has 1 aromatic carbocycles. The molecule has 7 heteroatoms. The molecule has 116 valence electrons. The first-order valence-corrected chi connectivity index (χ1v) is 8.60. The van der Waals surface area contributed by atoms with Gasteiger partial charge in [0, 0.05) is 17.6 Å². The van der Waals surface area contributed by atoms with E-state index in [9.17, 15) is 4.79 Å². The second-order valence-corrected chi connectivity index (χ2v) is 6.51. The number of carbonyl (C=O) groups is 1. The van der Waals surface area contributed by atoms with Gasteiger partial charge in [-0.25, -0.2) is 0 Å². The molecule has 1 amide bonds. The lowest BCUT2D eigenvalue weighted by Gasteiger charge is -2.11. The number of thioether (sulfide) groups is 1. The molecule has 0 saturated carbocycles. The van der Waals surface area contributed by atoms with Gasteiger partial charge in [0.1, 0.15) is 0 Å². The van der Waals surface area contributed by atoms with Gasteiger partial charge < -0.3 is 9.47 Å². The first-order chi connectivity index (χ1) is 10.6. The molecule has 1 fully saturated rings. The van der Waals surface area contributed by atoms with Gasteiger partial charge in [-0.3, -0.25) is 14.7 Å². The van der Waals surface area contributed by atoms with E-state index >= 15 is 0 Å². The number of hydrogen-bond donors (Lipinski definition) is 0. The highest BCUT2D eigenvalue weighted by atomic mass is 79.9. The SMILES string of the molecule is CCN=C1S/C(=C\c2cc3c(cc2Br)OCO3)C(=O)N1CC. The van der Waals surface area contributed by atoms with Gasteiger partial charge >= 0.3 is 0 Å². The summed E-state index contributed by atoms with van der Waals surface area (Å²) in [5, 5.41) is 0.762. The second kappa shape index (κ2) is 6.34. The molecule has 2 aliphatic heterocycles. The highest BCUT2D eigenvalue weighted by molar-refractivity contribution is 9.10. The standard InChI is InChI=1S/C15H15BrN2O3S/c1-3-17-15-18(4-2)14(19)13(22-15)6-9-5-11-12(7-10(9)16)21-8-20-11/h5-7H,3-4,8H2,1-2H3/b13-6-,17-15?. The Hall–Kier alpha value is -1.47. The van der Waals surface area contributed by atoms with Crippen molar-refractivity contribution in [2.24, 2.45) is 4.99 Å². The zero-order valence-corrected chi connectivity index (χ0v) is 14.7. The summed E-state index contributed by atoms with van der Waals surface area (Å²) in [7, 11) is 0. The Kier molecular flexibility index (Phi) is 4.44. The Labute approximate surface area is 141 Å². The van der Waals surface area contributed by atoms with Gasteiger partial charge in [0.05, 0.1) is 4.91 Å². The maximum atomic E-state index is 12.5. The van der Waals surface area contributed by atoms with Gasteiger partial charge in [-0.15, -0.1) is 0 Å². The molecule has 1 saturated heterocycles. The first-order valence-electron chi connectivity index (χ1n) is 6.99. The lowest BCUT2D eigenvalue weighted by molar-refractivity contribution is -0.122. The zero-order chi connectivity index (χ0) is 15.7. The third kappa shape index (κ3) is 2.75. The molecule has 2 aliphatic rings. The smallest absolute Gasteiger partial charge is 0.266 e. The number of likely N-dealkylation sites (N-methyl/N-ethyl adjacent to an activating group) is 1. The van der Waals surface area contributed by atoms with E-state index in [4.69, 9.17) is 9.47 Å². The largest absolute Gasteiger partial charge is 0.454 e. The Balaban J connectivity index is 1.96. The molecule has 1 aromatic rings. The van der Waals surface area contributed by atoms with Crippen molar-refractivity contribution in [3.63, 3.8) is 0 Å².